The third-order valence-electron chi connectivity index (χ3n) is 2.58. The number of carbonyl (C=O) groups is 2. The summed E-state index contributed by atoms with van der Waals surface area (Å²) in [7, 11) is 0. The van der Waals surface area contributed by atoms with Gasteiger partial charge in [-0.25, -0.2) is 4.79 Å². The van der Waals surface area contributed by atoms with Crippen LogP contribution >= 0.6 is 0 Å². The lowest BCUT2D eigenvalue weighted by Crippen LogP contribution is -2.50. The fourth-order valence-electron chi connectivity index (χ4n) is 1.17. The highest BCUT2D eigenvalue weighted by Gasteiger charge is 2.24. The van der Waals surface area contributed by atoms with Gasteiger partial charge in [-0.3, -0.25) is 4.79 Å². The van der Waals surface area contributed by atoms with Crippen molar-refractivity contribution in [3.05, 3.63) is 12.7 Å². The molecule has 5 nitrogen and oxygen atoms in total. The Bertz CT molecular complexity index is 266. The van der Waals surface area contributed by atoms with Gasteiger partial charge >= 0.3 is 5.97 Å². The van der Waals surface area contributed by atoms with Crippen molar-refractivity contribution in [2.24, 2.45) is 11.7 Å². The minimum Gasteiger partial charge on any atom is -0.480 e. The molecule has 0 bridgehead atoms. The van der Waals surface area contributed by atoms with Crippen molar-refractivity contribution in [3.63, 3.8) is 0 Å². The Balaban J connectivity index is 4.39. The lowest BCUT2D eigenvalue weighted by atomic mass is 9.99. The third-order valence-corrected chi connectivity index (χ3v) is 2.58. The summed E-state index contributed by atoms with van der Waals surface area (Å²) in [5, 5.41) is 11.2. The molecule has 0 heterocycles. The van der Waals surface area contributed by atoms with Gasteiger partial charge in [-0.2, -0.15) is 0 Å². The molecule has 0 fully saturated rings. The number of aliphatic carboxylic acids is 1. The van der Waals surface area contributed by atoms with Gasteiger partial charge in [-0.05, 0) is 12.3 Å². The molecule has 3 atom stereocenters. The summed E-state index contributed by atoms with van der Waals surface area (Å²) in [4.78, 5) is 22.4. The molecular weight excluding hydrogens is 208 g/mol. The molecule has 92 valence electrons. The van der Waals surface area contributed by atoms with E-state index in [2.05, 4.69) is 11.9 Å². The summed E-state index contributed by atoms with van der Waals surface area (Å²) in [5.74, 6) is -1.48. The second-order valence-corrected chi connectivity index (χ2v) is 3.84. The quantitative estimate of drug-likeness (QED) is 0.553. The molecule has 0 aliphatic carbocycles. The van der Waals surface area contributed by atoms with E-state index in [0.717, 1.165) is 6.42 Å². The van der Waals surface area contributed by atoms with Gasteiger partial charge in [-0.15, -0.1) is 6.58 Å². The molecule has 0 aromatic heterocycles. The van der Waals surface area contributed by atoms with Crippen LogP contribution in [0, 0.1) is 5.92 Å². The molecule has 0 aromatic carbocycles. The molecule has 0 spiro atoms. The number of carboxylic acid groups (broad SMARTS) is 1. The largest absolute Gasteiger partial charge is 0.480 e. The average Bonchev–Trinajstić information content (AvgIpc) is 2.25. The molecule has 5 heteroatoms. The molecule has 1 amide bonds. The predicted octanol–water partition coefficient (Wildman–Crippen LogP) is 0.505. The van der Waals surface area contributed by atoms with Crippen LogP contribution in [0.4, 0.5) is 0 Å². The maximum Gasteiger partial charge on any atom is 0.326 e. The summed E-state index contributed by atoms with van der Waals surface area (Å²) in [6, 6.07) is -1.61. The molecule has 0 aliphatic rings. The van der Waals surface area contributed by atoms with Crippen LogP contribution in [0.15, 0.2) is 12.7 Å². The summed E-state index contributed by atoms with van der Waals surface area (Å²) in [5.41, 5.74) is 5.69. The molecule has 0 aromatic rings. The molecular formula is C11H20N2O3. The van der Waals surface area contributed by atoms with Crippen LogP contribution in [0.3, 0.4) is 0 Å². The zero-order chi connectivity index (χ0) is 12.7. The number of carbonyl (C=O) groups excluding carboxylic acids is 1. The van der Waals surface area contributed by atoms with Gasteiger partial charge in [0.05, 0.1) is 6.04 Å². The molecule has 3 unspecified atom stereocenters. The van der Waals surface area contributed by atoms with Crippen LogP contribution in [-0.2, 0) is 9.59 Å². The van der Waals surface area contributed by atoms with Crippen LogP contribution in [-0.4, -0.2) is 29.1 Å². The van der Waals surface area contributed by atoms with E-state index in [9.17, 15) is 9.59 Å². The maximum atomic E-state index is 11.6. The van der Waals surface area contributed by atoms with Gasteiger partial charge in [0.2, 0.25) is 5.91 Å². The van der Waals surface area contributed by atoms with E-state index in [4.69, 9.17) is 10.8 Å². The molecule has 0 aliphatic heterocycles. The first-order valence-electron chi connectivity index (χ1n) is 5.33. The van der Waals surface area contributed by atoms with Gasteiger partial charge in [0, 0.05) is 0 Å². The van der Waals surface area contributed by atoms with Gasteiger partial charge in [0.1, 0.15) is 6.04 Å². The first kappa shape index (κ1) is 14.6. The zero-order valence-corrected chi connectivity index (χ0v) is 9.77. The Hall–Kier alpha value is -1.36. The Morgan fingerprint density at radius 3 is 2.50 bits per heavy atom. The minimum absolute atomic E-state index is 0.0261. The fourth-order valence-corrected chi connectivity index (χ4v) is 1.17. The molecule has 0 radical (unpaired) electrons. The van der Waals surface area contributed by atoms with E-state index >= 15 is 0 Å². The molecule has 4 N–H and O–H groups in total. The number of carboxylic acids is 1. The zero-order valence-electron chi connectivity index (χ0n) is 9.77. The first-order chi connectivity index (χ1) is 7.43. The molecule has 0 rings (SSSR count). The van der Waals surface area contributed by atoms with Crippen LogP contribution in [0.2, 0.25) is 0 Å². The first-order valence-corrected chi connectivity index (χ1v) is 5.33. The van der Waals surface area contributed by atoms with E-state index in [-0.39, 0.29) is 12.3 Å². The minimum atomic E-state index is -1.08. The summed E-state index contributed by atoms with van der Waals surface area (Å²) >= 11 is 0. The normalized spacial score (nSPS) is 15.9. The predicted molar refractivity (Wildman–Crippen MR) is 61.8 cm³/mol. The van der Waals surface area contributed by atoms with Crippen molar-refractivity contribution < 1.29 is 14.7 Å². The molecule has 16 heavy (non-hydrogen) atoms. The fraction of sp³-hybridized carbons (Fsp3) is 0.636. The Morgan fingerprint density at radius 1 is 1.56 bits per heavy atom. The van der Waals surface area contributed by atoms with Crippen LogP contribution in [0.1, 0.15) is 26.7 Å². The van der Waals surface area contributed by atoms with E-state index in [1.54, 1.807) is 0 Å². The maximum absolute atomic E-state index is 11.6. The Morgan fingerprint density at radius 2 is 2.12 bits per heavy atom. The summed E-state index contributed by atoms with van der Waals surface area (Å²) in [6.07, 6.45) is 2.41. The second-order valence-electron chi connectivity index (χ2n) is 3.84. The Labute approximate surface area is 95.7 Å². The number of nitrogens with one attached hydrogen (secondary N) is 1. The number of hydrogen-bond acceptors (Lipinski definition) is 3. The molecule has 0 saturated carbocycles. The highest BCUT2D eigenvalue weighted by Crippen LogP contribution is 2.06. The van der Waals surface area contributed by atoms with Crippen molar-refractivity contribution in [2.45, 2.75) is 38.8 Å². The van der Waals surface area contributed by atoms with Gasteiger partial charge < -0.3 is 16.2 Å². The van der Waals surface area contributed by atoms with E-state index in [1.165, 1.54) is 6.08 Å². The van der Waals surface area contributed by atoms with Crippen LogP contribution < -0.4 is 11.1 Å². The standard InChI is InChI=1S/C11H20N2O3/c1-4-6-8(11(15)16)13-10(14)9(12)7(3)5-2/h4,7-9H,1,5-6,12H2,2-3H3,(H,13,14)(H,15,16). The second kappa shape index (κ2) is 7.00. The lowest BCUT2D eigenvalue weighted by molar-refractivity contribution is -0.142. The highest BCUT2D eigenvalue weighted by molar-refractivity contribution is 5.87. The summed E-state index contributed by atoms with van der Waals surface area (Å²) < 4.78 is 0. The molecule has 0 saturated heterocycles. The third kappa shape index (κ3) is 4.44. The highest BCUT2D eigenvalue weighted by atomic mass is 16.4. The number of nitrogens with two attached hydrogens (primary N) is 1. The lowest BCUT2D eigenvalue weighted by Gasteiger charge is -2.20. The van der Waals surface area contributed by atoms with Gasteiger partial charge in [-0.1, -0.05) is 26.3 Å². The average molecular weight is 228 g/mol. The van der Waals surface area contributed by atoms with Crippen LogP contribution in [0.5, 0.6) is 0 Å². The monoisotopic (exact) mass is 228 g/mol. The van der Waals surface area contributed by atoms with Crippen molar-refractivity contribution in [2.75, 3.05) is 0 Å². The van der Waals surface area contributed by atoms with Crippen molar-refractivity contribution >= 4 is 11.9 Å². The topological polar surface area (TPSA) is 92.4 Å². The van der Waals surface area contributed by atoms with Crippen molar-refractivity contribution in [1.82, 2.24) is 5.32 Å². The number of hydrogen-bond donors (Lipinski definition) is 3. The number of amides is 1. The van der Waals surface area contributed by atoms with E-state index < -0.39 is 24.0 Å². The van der Waals surface area contributed by atoms with Gasteiger partial charge in [0.25, 0.3) is 0 Å². The summed E-state index contributed by atoms with van der Waals surface area (Å²) in [6.45, 7) is 7.22. The Kier molecular flexibility index (Phi) is 6.41. The van der Waals surface area contributed by atoms with Crippen molar-refractivity contribution in [1.29, 1.82) is 0 Å². The van der Waals surface area contributed by atoms with Crippen LogP contribution in [0.25, 0.3) is 0 Å². The smallest absolute Gasteiger partial charge is 0.326 e. The SMILES string of the molecule is C=CCC(NC(=O)C(N)C(C)CC)C(=O)O. The van der Waals surface area contributed by atoms with Crippen molar-refractivity contribution in [3.8, 4) is 0 Å². The van der Waals surface area contributed by atoms with Gasteiger partial charge in [0.15, 0.2) is 0 Å². The van der Waals surface area contributed by atoms with E-state index in [1.807, 2.05) is 13.8 Å². The number of rotatable bonds is 7. The van der Waals surface area contributed by atoms with E-state index in [0.29, 0.717) is 0 Å².